The normalized spacial score (nSPS) is 20.5. The van der Waals surface area contributed by atoms with Crippen molar-refractivity contribution in [2.75, 3.05) is 20.2 Å². The van der Waals surface area contributed by atoms with Gasteiger partial charge in [-0.2, -0.15) is 5.26 Å². The molecule has 2 fully saturated rings. The maximum Gasteiger partial charge on any atom is 0.167 e. The van der Waals surface area contributed by atoms with Crippen molar-refractivity contribution >= 4 is 11.6 Å². The number of hydrogen-bond acceptors (Lipinski definition) is 5. The molecule has 6 nitrogen and oxygen atoms in total. The minimum absolute atomic E-state index is 0.0747. The highest BCUT2D eigenvalue weighted by atomic mass is 35.5. The first kappa shape index (κ1) is 21.8. The van der Waals surface area contributed by atoms with Crippen molar-refractivity contribution < 1.29 is 18.3 Å². The SMILES string of the molecule is COc1ccc(-n2c(-c3ccc(C#N)c(F)c3)nc(C3OC3N3CCCCC3)c2Cl)cc1F. The summed E-state index contributed by atoms with van der Waals surface area (Å²) in [6.07, 6.45) is 3.03. The molecule has 0 radical (unpaired) electrons. The van der Waals surface area contributed by atoms with E-state index in [1.165, 1.54) is 37.8 Å². The number of rotatable bonds is 5. The summed E-state index contributed by atoms with van der Waals surface area (Å²) < 4.78 is 41.5. The maximum absolute atomic E-state index is 14.5. The van der Waals surface area contributed by atoms with E-state index >= 15 is 0 Å². The zero-order valence-corrected chi connectivity index (χ0v) is 18.6. The first-order valence-electron chi connectivity index (χ1n) is 10.7. The van der Waals surface area contributed by atoms with Gasteiger partial charge in [-0.1, -0.05) is 18.0 Å². The summed E-state index contributed by atoms with van der Waals surface area (Å²) in [6, 6.07) is 10.5. The summed E-state index contributed by atoms with van der Waals surface area (Å²) in [5.41, 5.74) is 1.26. The molecule has 2 atom stereocenters. The molecule has 2 unspecified atom stereocenters. The van der Waals surface area contributed by atoms with E-state index in [-0.39, 0.29) is 28.8 Å². The molecule has 5 rings (SSSR count). The van der Waals surface area contributed by atoms with Gasteiger partial charge in [-0.25, -0.2) is 13.8 Å². The minimum Gasteiger partial charge on any atom is -0.494 e. The number of hydrogen-bond donors (Lipinski definition) is 0. The third kappa shape index (κ3) is 3.97. The van der Waals surface area contributed by atoms with Gasteiger partial charge in [-0.15, -0.1) is 0 Å². The monoisotopic (exact) mass is 470 g/mol. The molecule has 33 heavy (non-hydrogen) atoms. The number of nitrogens with zero attached hydrogens (tertiary/aromatic N) is 4. The van der Waals surface area contributed by atoms with Crippen molar-refractivity contribution in [3.8, 4) is 28.9 Å². The second-order valence-corrected chi connectivity index (χ2v) is 8.47. The van der Waals surface area contributed by atoms with Crippen LogP contribution in [0.4, 0.5) is 8.78 Å². The Bertz CT molecular complexity index is 1250. The van der Waals surface area contributed by atoms with E-state index in [4.69, 9.17) is 31.3 Å². The van der Waals surface area contributed by atoms with Gasteiger partial charge in [0, 0.05) is 24.7 Å². The number of nitriles is 1. The van der Waals surface area contributed by atoms with Crippen molar-refractivity contribution in [2.24, 2.45) is 0 Å². The van der Waals surface area contributed by atoms with Crippen molar-refractivity contribution in [1.82, 2.24) is 14.5 Å². The van der Waals surface area contributed by atoms with Crippen LogP contribution in [0.1, 0.15) is 36.6 Å². The summed E-state index contributed by atoms with van der Waals surface area (Å²) in [6.45, 7) is 1.91. The third-order valence-corrected chi connectivity index (χ3v) is 6.44. The van der Waals surface area contributed by atoms with E-state index in [2.05, 4.69) is 4.90 Å². The average molecular weight is 471 g/mol. The van der Waals surface area contributed by atoms with E-state index in [9.17, 15) is 8.78 Å². The average Bonchev–Trinajstić information content (AvgIpc) is 3.55. The lowest BCUT2D eigenvalue weighted by Gasteiger charge is -2.24. The van der Waals surface area contributed by atoms with E-state index in [0.717, 1.165) is 25.9 Å². The van der Waals surface area contributed by atoms with Gasteiger partial charge in [0.25, 0.3) is 0 Å². The lowest BCUT2D eigenvalue weighted by atomic mass is 10.1. The topological polar surface area (TPSA) is 66.6 Å². The molecule has 2 aliphatic rings. The van der Waals surface area contributed by atoms with Crippen LogP contribution >= 0.6 is 11.6 Å². The smallest absolute Gasteiger partial charge is 0.167 e. The van der Waals surface area contributed by atoms with Gasteiger partial charge in [0.2, 0.25) is 0 Å². The van der Waals surface area contributed by atoms with Gasteiger partial charge in [0.05, 0.1) is 18.4 Å². The van der Waals surface area contributed by atoms with Crippen molar-refractivity contribution in [3.63, 3.8) is 0 Å². The fourth-order valence-electron chi connectivity index (χ4n) is 4.32. The Morgan fingerprint density at radius 3 is 2.58 bits per heavy atom. The van der Waals surface area contributed by atoms with Crippen LogP contribution in [0.5, 0.6) is 5.75 Å². The Labute approximate surface area is 194 Å². The molecule has 1 aromatic heterocycles. The van der Waals surface area contributed by atoms with Gasteiger partial charge in [0.15, 0.2) is 11.6 Å². The molecule has 3 aromatic rings. The molecule has 0 aliphatic carbocycles. The number of halogens is 3. The number of epoxide rings is 1. The number of likely N-dealkylation sites (tertiary alicyclic amines) is 1. The molecule has 2 aromatic carbocycles. The number of aromatic nitrogens is 2. The summed E-state index contributed by atoms with van der Waals surface area (Å²) in [5, 5.41) is 9.34. The minimum atomic E-state index is -0.669. The van der Waals surface area contributed by atoms with Crippen LogP contribution in [0.2, 0.25) is 5.15 Å². The van der Waals surface area contributed by atoms with Crippen LogP contribution in [0.3, 0.4) is 0 Å². The highest BCUT2D eigenvalue weighted by molar-refractivity contribution is 6.30. The standard InChI is InChI=1S/C24H21ClF2N4O2/c1-32-19-8-7-16(12-18(19)27)31-22(25)20(21-24(33-21)30-9-3-2-4-10-30)29-23(31)14-5-6-15(13-28)17(26)11-14/h5-8,11-12,21,24H,2-4,9-10H2,1H3. The highest BCUT2D eigenvalue weighted by Crippen LogP contribution is 2.46. The van der Waals surface area contributed by atoms with Crippen LogP contribution in [0, 0.1) is 23.0 Å². The Morgan fingerprint density at radius 2 is 1.91 bits per heavy atom. The van der Waals surface area contributed by atoms with Crippen LogP contribution in [-0.2, 0) is 4.74 Å². The lowest BCUT2D eigenvalue weighted by Crippen LogP contribution is -2.32. The summed E-state index contributed by atoms with van der Waals surface area (Å²) in [5.74, 6) is -0.808. The molecule has 0 saturated carbocycles. The zero-order valence-electron chi connectivity index (χ0n) is 17.9. The summed E-state index contributed by atoms with van der Waals surface area (Å²) in [7, 11) is 1.39. The zero-order chi connectivity index (χ0) is 23.1. The molecule has 0 N–H and O–H groups in total. The van der Waals surface area contributed by atoms with Crippen molar-refractivity contribution in [1.29, 1.82) is 5.26 Å². The molecular weight excluding hydrogens is 450 g/mol. The Kier molecular flexibility index (Phi) is 5.79. The second-order valence-electron chi connectivity index (χ2n) is 8.12. The first-order valence-corrected chi connectivity index (χ1v) is 11.1. The number of benzene rings is 2. The summed E-state index contributed by atoms with van der Waals surface area (Å²) >= 11 is 6.78. The van der Waals surface area contributed by atoms with E-state index in [1.54, 1.807) is 16.7 Å². The number of ether oxygens (including phenoxy) is 2. The van der Waals surface area contributed by atoms with Gasteiger partial charge >= 0.3 is 0 Å². The fourth-order valence-corrected chi connectivity index (χ4v) is 4.65. The fraction of sp³-hybridized carbons (Fsp3) is 0.333. The number of methoxy groups -OCH3 is 1. The Morgan fingerprint density at radius 1 is 1.12 bits per heavy atom. The molecule has 9 heteroatoms. The molecule has 3 heterocycles. The van der Waals surface area contributed by atoms with Gasteiger partial charge in [-0.3, -0.25) is 9.47 Å². The Balaban J connectivity index is 1.60. The number of piperidine rings is 1. The molecule has 170 valence electrons. The highest BCUT2D eigenvalue weighted by Gasteiger charge is 2.48. The summed E-state index contributed by atoms with van der Waals surface area (Å²) in [4.78, 5) is 6.98. The molecule has 0 bridgehead atoms. The van der Waals surface area contributed by atoms with Crippen LogP contribution in [0.25, 0.3) is 17.1 Å². The molecule has 0 spiro atoms. The molecule has 2 aliphatic heterocycles. The first-order chi connectivity index (χ1) is 16.0. The molecule has 2 saturated heterocycles. The van der Waals surface area contributed by atoms with Gasteiger partial charge < -0.3 is 9.47 Å². The third-order valence-electron chi connectivity index (χ3n) is 6.08. The van der Waals surface area contributed by atoms with Crippen LogP contribution in [-0.4, -0.2) is 40.9 Å². The maximum atomic E-state index is 14.5. The van der Waals surface area contributed by atoms with Crippen molar-refractivity contribution in [2.45, 2.75) is 31.6 Å². The predicted molar refractivity (Wildman–Crippen MR) is 118 cm³/mol. The van der Waals surface area contributed by atoms with Gasteiger partial charge in [-0.05, 0) is 43.2 Å². The van der Waals surface area contributed by atoms with E-state index in [0.29, 0.717) is 22.8 Å². The van der Waals surface area contributed by atoms with Crippen molar-refractivity contribution in [3.05, 3.63) is 64.4 Å². The molecular formula is C24H21ClF2N4O2. The molecule has 0 amide bonds. The van der Waals surface area contributed by atoms with E-state index in [1.807, 2.05) is 6.07 Å². The van der Waals surface area contributed by atoms with Crippen LogP contribution in [0.15, 0.2) is 36.4 Å². The van der Waals surface area contributed by atoms with E-state index < -0.39 is 11.6 Å². The second kappa shape index (κ2) is 8.75. The van der Waals surface area contributed by atoms with Crippen LogP contribution < -0.4 is 4.74 Å². The lowest BCUT2D eigenvalue weighted by molar-refractivity contribution is 0.149. The predicted octanol–water partition coefficient (Wildman–Crippen LogP) is 5.23. The quantitative estimate of drug-likeness (QED) is 0.477. The largest absolute Gasteiger partial charge is 0.494 e. The Hall–Kier alpha value is -2.99. The number of imidazole rings is 1. The van der Waals surface area contributed by atoms with Gasteiger partial charge in [0.1, 0.15) is 40.9 Å².